The smallest absolute Gasteiger partial charge is 0.239 e. The minimum Gasteiger partial charge on any atom is -0.398 e. The molecule has 1 amide bonds. The van der Waals surface area contributed by atoms with Crippen molar-refractivity contribution >= 4 is 22.9 Å². The first-order valence-corrected chi connectivity index (χ1v) is 7.06. The van der Waals surface area contributed by atoms with Crippen LogP contribution in [0.1, 0.15) is 25.1 Å². The van der Waals surface area contributed by atoms with Crippen LogP contribution >= 0.6 is 11.3 Å². The van der Waals surface area contributed by atoms with Crippen molar-refractivity contribution in [3.63, 3.8) is 0 Å². The van der Waals surface area contributed by atoms with Gasteiger partial charge in [-0.2, -0.15) is 0 Å². The highest BCUT2D eigenvalue weighted by Crippen LogP contribution is 2.19. The Morgan fingerprint density at radius 1 is 1.50 bits per heavy atom. The highest BCUT2D eigenvalue weighted by molar-refractivity contribution is 7.10. The number of nitrogens with one attached hydrogen (secondary N) is 1. The Morgan fingerprint density at radius 3 is 2.61 bits per heavy atom. The third-order valence-electron chi connectivity index (χ3n) is 2.73. The van der Waals surface area contributed by atoms with Crippen molar-refractivity contribution in [1.82, 2.24) is 10.2 Å². The van der Waals surface area contributed by atoms with Gasteiger partial charge in [0.1, 0.15) is 0 Å². The van der Waals surface area contributed by atoms with E-state index in [1.54, 1.807) is 30.3 Å². The number of hydrogen-bond acceptors (Lipinski definition) is 4. The van der Waals surface area contributed by atoms with E-state index in [2.05, 4.69) is 19.2 Å². The average Bonchev–Trinajstić information content (AvgIpc) is 2.68. The van der Waals surface area contributed by atoms with Gasteiger partial charge in [-0.1, -0.05) is 13.8 Å². The lowest BCUT2D eigenvalue weighted by Crippen LogP contribution is -2.44. The van der Waals surface area contributed by atoms with Gasteiger partial charge in [0.05, 0.1) is 6.04 Å². The Morgan fingerprint density at radius 2 is 2.17 bits per heavy atom. The number of amides is 1. The Kier molecular flexibility index (Phi) is 5.62. The molecule has 5 heteroatoms. The van der Waals surface area contributed by atoms with Crippen LogP contribution in [0.15, 0.2) is 11.4 Å². The lowest BCUT2D eigenvalue weighted by molar-refractivity contribution is -0.131. The molecule has 18 heavy (non-hydrogen) atoms. The van der Waals surface area contributed by atoms with Gasteiger partial charge in [0.2, 0.25) is 5.91 Å². The van der Waals surface area contributed by atoms with Gasteiger partial charge >= 0.3 is 0 Å². The molecule has 3 N–H and O–H groups in total. The molecule has 0 spiro atoms. The molecule has 0 saturated heterocycles. The van der Waals surface area contributed by atoms with E-state index in [0.29, 0.717) is 12.5 Å². The van der Waals surface area contributed by atoms with E-state index in [1.807, 2.05) is 11.4 Å². The van der Waals surface area contributed by atoms with Crippen LogP contribution in [0, 0.1) is 5.92 Å². The van der Waals surface area contributed by atoms with Gasteiger partial charge in [-0.05, 0) is 23.8 Å². The maximum Gasteiger partial charge on any atom is 0.239 e. The zero-order chi connectivity index (χ0) is 13.7. The van der Waals surface area contributed by atoms with E-state index in [0.717, 1.165) is 17.0 Å². The van der Waals surface area contributed by atoms with Gasteiger partial charge in [-0.15, -0.1) is 11.3 Å². The summed E-state index contributed by atoms with van der Waals surface area (Å²) in [4.78, 5) is 14.8. The van der Waals surface area contributed by atoms with Crippen LogP contribution in [0.4, 0.5) is 5.69 Å². The Bertz CT molecular complexity index is 387. The number of anilines is 1. The third-order valence-corrected chi connectivity index (χ3v) is 3.67. The molecule has 0 aliphatic rings. The van der Waals surface area contributed by atoms with Crippen molar-refractivity contribution in [2.75, 3.05) is 19.8 Å². The molecular formula is C13H23N3OS. The first kappa shape index (κ1) is 15.0. The zero-order valence-corrected chi connectivity index (χ0v) is 12.4. The molecule has 1 rings (SSSR count). The average molecular weight is 269 g/mol. The summed E-state index contributed by atoms with van der Waals surface area (Å²) in [7, 11) is 3.58. The molecule has 4 nitrogen and oxygen atoms in total. The van der Waals surface area contributed by atoms with Gasteiger partial charge in [-0.3, -0.25) is 4.79 Å². The molecule has 0 aliphatic carbocycles. The largest absolute Gasteiger partial charge is 0.398 e. The number of nitrogen functional groups attached to an aromatic ring is 1. The summed E-state index contributed by atoms with van der Waals surface area (Å²) in [6.07, 6.45) is 0.836. The normalized spacial score (nSPS) is 12.7. The fraction of sp³-hybridized carbons (Fsp3) is 0.615. The Balaban J connectivity index is 2.61. The molecule has 1 atom stereocenters. The van der Waals surface area contributed by atoms with Crippen molar-refractivity contribution in [1.29, 1.82) is 0 Å². The van der Waals surface area contributed by atoms with Crippen LogP contribution in [0.2, 0.25) is 0 Å². The molecule has 1 aromatic rings. The predicted octanol–water partition coefficient (Wildman–Crippen LogP) is 1.92. The zero-order valence-electron chi connectivity index (χ0n) is 11.6. The van der Waals surface area contributed by atoms with E-state index in [-0.39, 0.29) is 11.9 Å². The summed E-state index contributed by atoms with van der Waals surface area (Å²) >= 11 is 1.62. The van der Waals surface area contributed by atoms with Crippen LogP contribution in [0.5, 0.6) is 0 Å². The minimum absolute atomic E-state index is 0.124. The molecule has 0 radical (unpaired) electrons. The summed E-state index contributed by atoms with van der Waals surface area (Å²) in [5.74, 6) is 0.603. The third kappa shape index (κ3) is 4.31. The van der Waals surface area contributed by atoms with Gasteiger partial charge in [-0.25, -0.2) is 0 Å². The first-order chi connectivity index (χ1) is 8.41. The van der Waals surface area contributed by atoms with Crippen LogP contribution in [-0.4, -0.2) is 30.9 Å². The van der Waals surface area contributed by atoms with E-state index in [9.17, 15) is 4.79 Å². The number of likely N-dealkylation sites (N-methyl/N-ethyl adjacent to an activating group) is 1. The number of nitrogens with two attached hydrogens (primary N) is 1. The maximum atomic E-state index is 12.1. The second-order valence-electron chi connectivity index (χ2n) is 5.09. The molecular weight excluding hydrogens is 246 g/mol. The molecule has 0 aromatic carbocycles. The highest BCUT2D eigenvalue weighted by Gasteiger charge is 2.21. The summed E-state index contributed by atoms with van der Waals surface area (Å²) < 4.78 is 0. The van der Waals surface area contributed by atoms with Crippen molar-refractivity contribution < 1.29 is 4.79 Å². The quantitative estimate of drug-likeness (QED) is 0.829. The fourth-order valence-electron chi connectivity index (χ4n) is 1.76. The highest BCUT2D eigenvalue weighted by atomic mass is 32.1. The van der Waals surface area contributed by atoms with E-state index in [1.165, 1.54) is 0 Å². The van der Waals surface area contributed by atoms with Crippen molar-refractivity contribution in [3.8, 4) is 0 Å². The van der Waals surface area contributed by atoms with Crippen molar-refractivity contribution in [3.05, 3.63) is 16.3 Å². The summed E-state index contributed by atoms with van der Waals surface area (Å²) in [6.45, 7) is 4.90. The molecule has 0 bridgehead atoms. The second kappa shape index (κ2) is 6.75. The SMILES string of the molecule is CC(C)CC(NCc1sccc1N)C(=O)N(C)C. The molecule has 102 valence electrons. The summed E-state index contributed by atoms with van der Waals surface area (Å²) in [6, 6.07) is 1.76. The lowest BCUT2D eigenvalue weighted by atomic mass is 10.0. The minimum atomic E-state index is -0.138. The molecule has 0 saturated carbocycles. The number of carbonyl (C=O) groups excluding carboxylic acids is 1. The monoisotopic (exact) mass is 269 g/mol. The van der Waals surface area contributed by atoms with E-state index < -0.39 is 0 Å². The summed E-state index contributed by atoms with van der Waals surface area (Å²) in [5.41, 5.74) is 6.64. The molecule has 0 fully saturated rings. The van der Waals surface area contributed by atoms with Crippen molar-refractivity contribution in [2.45, 2.75) is 32.9 Å². The van der Waals surface area contributed by atoms with Crippen LogP contribution in [0.25, 0.3) is 0 Å². The first-order valence-electron chi connectivity index (χ1n) is 6.18. The number of thiophene rings is 1. The molecule has 1 aromatic heterocycles. The van der Waals surface area contributed by atoms with Gasteiger partial charge in [0.25, 0.3) is 0 Å². The molecule has 1 heterocycles. The van der Waals surface area contributed by atoms with Crippen molar-refractivity contribution in [2.24, 2.45) is 5.92 Å². The van der Waals surface area contributed by atoms with Crippen LogP contribution in [-0.2, 0) is 11.3 Å². The van der Waals surface area contributed by atoms with Gasteiger partial charge in [0.15, 0.2) is 0 Å². The van der Waals surface area contributed by atoms with Gasteiger partial charge < -0.3 is 16.0 Å². The fourth-order valence-corrected chi connectivity index (χ4v) is 2.51. The predicted molar refractivity (Wildman–Crippen MR) is 77.5 cm³/mol. The van der Waals surface area contributed by atoms with E-state index in [4.69, 9.17) is 5.73 Å². The maximum absolute atomic E-state index is 12.1. The topological polar surface area (TPSA) is 58.4 Å². The standard InChI is InChI=1S/C13H23N3OS/c1-9(2)7-11(13(17)16(3)4)15-8-12-10(14)5-6-18-12/h5-6,9,11,15H,7-8,14H2,1-4H3. The number of hydrogen-bond donors (Lipinski definition) is 2. The number of nitrogens with zero attached hydrogens (tertiary/aromatic N) is 1. The van der Waals surface area contributed by atoms with Gasteiger partial charge in [0, 0.05) is 31.2 Å². The lowest BCUT2D eigenvalue weighted by Gasteiger charge is -2.23. The van der Waals surface area contributed by atoms with Crippen LogP contribution < -0.4 is 11.1 Å². The summed E-state index contributed by atoms with van der Waals surface area (Å²) in [5, 5.41) is 5.28. The van der Waals surface area contributed by atoms with E-state index >= 15 is 0 Å². The molecule has 0 aliphatic heterocycles. The number of rotatable bonds is 6. The second-order valence-corrected chi connectivity index (χ2v) is 6.10. The Hall–Kier alpha value is -1.07. The molecule has 1 unspecified atom stereocenters. The van der Waals surface area contributed by atoms with Crippen LogP contribution in [0.3, 0.4) is 0 Å². The Labute approximate surface area is 113 Å². The number of carbonyl (C=O) groups is 1.